The number of nitrogens with one attached hydrogen (secondary N) is 1. The summed E-state index contributed by atoms with van der Waals surface area (Å²) in [4.78, 5) is 54.7. The minimum atomic E-state index is -1.11. The Bertz CT molecular complexity index is 1170. The number of amides is 2. The zero-order valence-electron chi connectivity index (χ0n) is 22.1. The molecule has 0 bridgehead atoms. The molecule has 2 aromatic carbocycles. The van der Waals surface area contributed by atoms with Crippen LogP contribution in [-0.2, 0) is 19.1 Å². The van der Waals surface area contributed by atoms with Crippen LogP contribution in [0.4, 0.5) is 5.69 Å². The van der Waals surface area contributed by atoms with Crippen molar-refractivity contribution in [2.75, 3.05) is 36.9 Å². The number of anilines is 1. The molecule has 2 aliphatic rings. The molecule has 4 rings (SSSR count). The SMILES string of the molecule is CCOC(=O)[C@H](CCC1CCN(C(=O)c2ccccc2)CC1)NC1CSc2ccccc2N(CC(=O)O)C1=O. The van der Waals surface area contributed by atoms with Crippen molar-refractivity contribution in [1.29, 1.82) is 0 Å². The van der Waals surface area contributed by atoms with E-state index < -0.39 is 30.6 Å². The fourth-order valence-electron chi connectivity index (χ4n) is 5.12. The van der Waals surface area contributed by atoms with E-state index in [1.54, 1.807) is 19.1 Å². The zero-order chi connectivity index (χ0) is 27.8. The van der Waals surface area contributed by atoms with Crippen molar-refractivity contribution in [2.45, 2.75) is 49.6 Å². The van der Waals surface area contributed by atoms with Crippen molar-refractivity contribution in [3.05, 3.63) is 60.2 Å². The number of para-hydroxylation sites is 1. The molecule has 10 heteroatoms. The predicted molar refractivity (Wildman–Crippen MR) is 149 cm³/mol. The summed E-state index contributed by atoms with van der Waals surface area (Å²) in [5, 5.41) is 12.7. The molecule has 2 aromatic rings. The van der Waals surface area contributed by atoms with Gasteiger partial charge in [-0.15, -0.1) is 11.8 Å². The Hall–Kier alpha value is -3.37. The highest BCUT2D eigenvalue weighted by atomic mass is 32.2. The predicted octanol–water partition coefficient (Wildman–Crippen LogP) is 3.43. The average molecular weight is 554 g/mol. The van der Waals surface area contributed by atoms with Crippen LogP contribution < -0.4 is 10.2 Å². The number of esters is 1. The molecule has 0 radical (unpaired) electrons. The lowest BCUT2D eigenvalue weighted by Gasteiger charge is -2.33. The molecule has 2 heterocycles. The van der Waals surface area contributed by atoms with E-state index in [4.69, 9.17) is 4.74 Å². The summed E-state index contributed by atoms with van der Waals surface area (Å²) in [5.74, 6) is -1.16. The van der Waals surface area contributed by atoms with Crippen molar-refractivity contribution < 1.29 is 29.0 Å². The van der Waals surface area contributed by atoms with E-state index in [1.165, 1.54) is 16.7 Å². The number of carboxylic acids is 1. The summed E-state index contributed by atoms with van der Waals surface area (Å²) in [6.45, 7) is 2.83. The maximum Gasteiger partial charge on any atom is 0.323 e. The Morgan fingerprint density at radius 3 is 2.46 bits per heavy atom. The Morgan fingerprint density at radius 1 is 1.08 bits per heavy atom. The first-order valence-electron chi connectivity index (χ1n) is 13.4. The highest BCUT2D eigenvalue weighted by Crippen LogP contribution is 2.34. The molecule has 1 fully saturated rings. The maximum atomic E-state index is 13.5. The van der Waals surface area contributed by atoms with Gasteiger partial charge in [-0.2, -0.15) is 0 Å². The number of carbonyl (C=O) groups excluding carboxylic acids is 3. The van der Waals surface area contributed by atoms with E-state index in [1.807, 2.05) is 47.4 Å². The fourth-order valence-corrected chi connectivity index (χ4v) is 6.20. The van der Waals surface area contributed by atoms with Gasteiger partial charge in [0, 0.05) is 29.3 Å². The number of ether oxygens (including phenoxy) is 1. The number of rotatable bonds is 10. The van der Waals surface area contributed by atoms with Crippen LogP contribution in [0.15, 0.2) is 59.5 Å². The van der Waals surface area contributed by atoms with Gasteiger partial charge in [0.15, 0.2) is 0 Å². The van der Waals surface area contributed by atoms with Crippen molar-refractivity contribution in [3.8, 4) is 0 Å². The van der Waals surface area contributed by atoms with Crippen LogP contribution >= 0.6 is 11.8 Å². The van der Waals surface area contributed by atoms with Crippen molar-refractivity contribution in [2.24, 2.45) is 5.92 Å². The number of aliphatic carboxylic acids is 1. The standard InChI is InChI=1S/C29H35N3O6S/c1-2-38-29(37)22(13-12-20-14-16-31(17-15-20)27(35)21-8-4-3-5-9-21)30-23-19-39-25-11-7-6-10-24(25)32(28(23)36)18-26(33)34/h3-11,20,22-23,30H,2,12-19H2,1H3,(H,33,34)/t22-,23?/m0/s1. The average Bonchev–Trinajstić information content (AvgIpc) is 3.07. The molecule has 2 atom stereocenters. The van der Waals surface area contributed by atoms with E-state index in [-0.39, 0.29) is 18.4 Å². The third kappa shape index (κ3) is 7.39. The van der Waals surface area contributed by atoms with E-state index in [0.717, 1.165) is 24.2 Å². The number of hydrogen-bond donors (Lipinski definition) is 2. The van der Waals surface area contributed by atoms with Gasteiger partial charge < -0.3 is 14.7 Å². The Morgan fingerprint density at radius 2 is 1.77 bits per heavy atom. The minimum absolute atomic E-state index is 0.0383. The number of nitrogens with zero attached hydrogens (tertiary/aromatic N) is 2. The minimum Gasteiger partial charge on any atom is -0.480 e. The van der Waals surface area contributed by atoms with Crippen LogP contribution in [0.3, 0.4) is 0 Å². The second-order valence-electron chi connectivity index (χ2n) is 9.80. The summed E-state index contributed by atoms with van der Waals surface area (Å²) < 4.78 is 5.32. The molecule has 1 saturated heterocycles. The first kappa shape index (κ1) is 28.6. The van der Waals surface area contributed by atoms with Crippen LogP contribution in [-0.4, -0.2) is 77.8 Å². The third-order valence-corrected chi connectivity index (χ3v) is 8.33. The van der Waals surface area contributed by atoms with E-state index in [2.05, 4.69) is 5.32 Å². The molecule has 208 valence electrons. The number of fused-ring (bicyclic) bond motifs is 1. The number of carbonyl (C=O) groups is 4. The van der Waals surface area contributed by atoms with Gasteiger partial charge in [-0.3, -0.25) is 29.4 Å². The molecule has 0 aromatic heterocycles. The number of thioether (sulfide) groups is 1. The van der Waals surface area contributed by atoms with Crippen LogP contribution in [0, 0.1) is 5.92 Å². The van der Waals surface area contributed by atoms with Gasteiger partial charge in [0.2, 0.25) is 5.91 Å². The number of carboxylic acid groups (broad SMARTS) is 1. The van der Waals surface area contributed by atoms with Gasteiger partial charge in [-0.05, 0) is 62.8 Å². The second-order valence-corrected chi connectivity index (χ2v) is 10.9. The number of likely N-dealkylation sites (tertiary alicyclic amines) is 1. The lowest BCUT2D eigenvalue weighted by Crippen LogP contribution is -2.54. The Balaban J connectivity index is 1.38. The maximum absolute atomic E-state index is 13.5. The normalized spacial score (nSPS) is 18.7. The molecule has 0 saturated carbocycles. The first-order valence-corrected chi connectivity index (χ1v) is 14.4. The Labute approximate surface area is 232 Å². The van der Waals surface area contributed by atoms with Gasteiger partial charge >= 0.3 is 11.9 Å². The largest absolute Gasteiger partial charge is 0.480 e. The first-order chi connectivity index (χ1) is 18.9. The van der Waals surface area contributed by atoms with Gasteiger partial charge in [0.05, 0.1) is 18.3 Å². The fraction of sp³-hybridized carbons (Fsp3) is 0.448. The van der Waals surface area contributed by atoms with Gasteiger partial charge in [0.25, 0.3) is 5.91 Å². The lowest BCUT2D eigenvalue weighted by molar-refractivity contribution is -0.146. The van der Waals surface area contributed by atoms with Crippen molar-refractivity contribution in [1.82, 2.24) is 10.2 Å². The molecule has 9 nitrogen and oxygen atoms in total. The quantitative estimate of drug-likeness (QED) is 0.430. The van der Waals surface area contributed by atoms with E-state index in [0.29, 0.717) is 42.4 Å². The Kier molecular flexibility index (Phi) is 10.00. The number of benzene rings is 2. The van der Waals surface area contributed by atoms with E-state index in [9.17, 15) is 24.3 Å². The van der Waals surface area contributed by atoms with Crippen molar-refractivity contribution >= 4 is 41.2 Å². The van der Waals surface area contributed by atoms with Gasteiger partial charge in [0.1, 0.15) is 12.6 Å². The molecule has 2 aliphatic heterocycles. The molecule has 39 heavy (non-hydrogen) atoms. The van der Waals surface area contributed by atoms with Gasteiger partial charge in [-0.25, -0.2) is 0 Å². The summed E-state index contributed by atoms with van der Waals surface area (Å²) >= 11 is 1.46. The van der Waals surface area contributed by atoms with Crippen LogP contribution in [0.5, 0.6) is 0 Å². The van der Waals surface area contributed by atoms with Crippen molar-refractivity contribution in [3.63, 3.8) is 0 Å². The molecule has 1 unspecified atom stereocenters. The molecule has 2 N–H and O–H groups in total. The molecule has 0 spiro atoms. The lowest BCUT2D eigenvalue weighted by atomic mass is 9.90. The van der Waals surface area contributed by atoms with Crippen LogP contribution in [0.25, 0.3) is 0 Å². The third-order valence-electron chi connectivity index (χ3n) is 7.18. The molecule has 2 amide bonds. The summed E-state index contributed by atoms with van der Waals surface area (Å²) in [6.07, 6.45) is 2.91. The molecular formula is C29H35N3O6S. The molecule has 0 aliphatic carbocycles. The van der Waals surface area contributed by atoms with Crippen LogP contribution in [0.2, 0.25) is 0 Å². The summed E-state index contributed by atoms with van der Waals surface area (Å²) in [6, 6.07) is 15.0. The number of piperidine rings is 1. The van der Waals surface area contributed by atoms with Crippen LogP contribution in [0.1, 0.15) is 43.0 Å². The monoisotopic (exact) mass is 553 g/mol. The van der Waals surface area contributed by atoms with Gasteiger partial charge in [-0.1, -0.05) is 30.3 Å². The topological polar surface area (TPSA) is 116 Å². The smallest absolute Gasteiger partial charge is 0.323 e. The summed E-state index contributed by atoms with van der Waals surface area (Å²) in [7, 11) is 0. The summed E-state index contributed by atoms with van der Waals surface area (Å²) in [5.41, 5.74) is 1.25. The number of hydrogen-bond acceptors (Lipinski definition) is 7. The second kappa shape index (κ2) is 13.6. The highest BCUT2D eigenvalue weighted by molar-refractivity contribution is 7.99. The molecular weight excluding hydrogens is 518 g/mol. The highest BCUT2D eigenvalue weighted by Gasteiger charge is 2.35. The van der Waals surface area contributed by atoms with E-state index >= 15 is 0 Å². The zero-order valence-corrected chi connectivity index (χ0v) is 22.9.